The minimum Gasteiger partial charge on any atom is -0.493 e. The van der Waals surface area contributed by atoms with E-state index in [1.54, 1.807) is 33.3 Å². The van der Waals surface area contributed by atoms with Crippen LogP contribution in [0.25, 0.3) is 6.08 Å². The topological polar surface area (TPSA) is 60.5 Å². The number of esters is 1. The van der Waals surface area contributed by atoms with E-state index in [9.17, 15) is 4.79 Å². The van der Waals surface area contributed by atoms with Crippen LogP contribution in [-0.2, 0) is 9.53 Å². The molecule has 4 rings (SSSR count). The van der Waals surface area contributed by atoms with Crippen molar-refractivity contribution in [2.24, 2.45) is 0 Å². The molecule has 0 spiro atoms. The van der Waals surface area contributed by atoms with Crippen molar-refractivity contribution in [3.05, 3.63) is 108 Å². The summed E-state index contributed by atoms with van der Waals surface area (Å²) in [5.74, 6) is 1.43. The molecule has 1 aliphatic heterocycles. The number of ether oxygens (including phenoxy) is 4. The first kappa shape index (κ1) is 30.9. The number of hydrogen-bond acceptors (Lipinski definition) is 7. The Hall–Kier alpha value is -4.07. The van der Waals surface area contributed by atoms with Gasteiger partial charge < -0.3 is 23.8 Å². The minimum atomic E-state index is -0.369. The van der Waals surface area contributed by atoms with Gasteiger partial charge in [0.05, 0.1) is 33.5 Å². The molecule has 3 aromatic rings. The maximum Gasteiger partial charge on any atom is 0.330 e. The first-order valence-electron chi connectivity index (χ1n) is 14.6. The molecule has 0 unspecified atom stereocenters. The average Bonchev–Trinajstić information content (AvgIpc) is 3.03. The van der Waals surface area contributed by atoms with E-state index >= 15 is 0 Å². The summed E-state index contributed by atoms with van der Waals surface area (Å²) in [4.78, 5) is 16.6. The third-order valence-corrected chi connectivity index (χ3v) is 7.27. The Morgan fingerprint density at radius 2 is 1.45 bits per heavy atom. The molecule has 0 amide bonds. The highest BCUT2D eigenvalue weighted by Crippen LogP contribution is 2.39. The van der Waals surface area contributed by atoms with Gasteiger partial charge in [0.25, 0.3) is 0 Å². The molecule has 0 bridgehead atoms. The molecule has 42 heavy (non-hydrogen) atoms. The van der Waals surface area contributed by atoms with E-state index in [4.69, 9.17) is 18.9 Å². The average molecular weight is 571 g/mol. The van der Waals surface area contributed by atoms with Crippen molar-refractivity contribution >= 4 is 12.0 Å². The van der Waals surface area contributed by atoms with Gasteiger partial charge in [-0.2, -0.15) is 0 Å². The molecule has 7 nitrogen and oxygen atoms in total. The van der Waals surface area contributed by atoms with Gasteiger partial charge in [0.2, 0.25) is 5.75 Å². The van der Waals surface area contributed by atoms with Crippen molar-refractivity contribution in [1.29, 1.82) is 0 Å². The summed E-state index contributed by atoms with van der Waals surface area (Å²) < 4.78 is 22.3. The molecule has 1 aliphatic rings. The second-order valence-corrected chi connectivity index (χ2v) is 10.0. The Morgan fingerprint density at radius 1 is 0.857 bits per heavy atom. The van der Waals surface area contributed by atoms with E-state index in [2.05, 4.69) is 70.5 Å². The molecule has 222 valence electrons. The molecular weight excluding hydrogens is 528 g/mol. The Kier molecular flexibility index (Phi) is 12.1. The highest BCUT2D eigenvalue weighted by molar-refractivity contribution is 5.82. The molecule has 0 atom stereocenters. The molecule has 1 saturated heterocycles. The van der Waals surface area contributed by atoms with Crippen LogP contribution in [0.15, 0.2) is 91.0 Å². The summed E-state index contributed by atoms with van der Waals surface area (Å²) >= 11 is 0. The molecule has 7 heteroatoms. The maximum atomic E-state index is 11.5. The fraction of sp³-hybridized carbons (Fsp3) is 0.343. The lowest BCUT2D eigenvalue weighted by Gasteiger charge is -2.39. The number of carbonyl (C=O) groups is 1. The fourth-order valence-electron chi connectivity index (χ4n) is 5.22. The molecular formula is C35H42N2O5. The summed E-state index contributed by atoms with van der Waals surface area (Å²) in [5, 5.41) is 0. The zero-order valence-corrected chi connectivity index (χ0v) is 24.9. The van der Waals surface area contributed by atoms with Crippen molar-refractivity contribution in [2.45, 2.75) is 19.4 Å². The second kappa shape index (κ2) is 16.4. The quantitative estimate of drug-likeness (QED) is 0.102. The van der Waals surface area contributed by atoms with Gasteiger partial charge in [0.15, 0.2) is 11.5 Å². The van der Waals surface area contributed by atoms with Gasteiger partial charge in [-0.15, -0.1) is 0 Å². The monoisotopic (exact) mass is 570 g/mol. The van der Waals surface area contributed by atoms with Gasteiger partial charge in [0.1, 0.15) is 0 Å². The Bertz CT molecular complexity index is 1240. The van der Waals surface area contributed by atoms with E-state index in [1.165, 1.54) is 17.2 Å². The molecule has 0 radical (unpaired) electrons. The van der Waals surface area contributed by atoms with E-state index in [1.807, 2.05) is 18.2 Å². The standard InChI is InChI=1S/C35H42N2O5/c1-4-41-33(38)19-12-11-14-28-26-31(39-2)35(32(27-28)40-3)42-25-13-20-36-21-23-37(24-22-36)34(29-15-7-5-8-16-29)30-17-9-6-10-18-30/h5-12,14-19,26-27,34H,4,13,20-25H2,1-3H3. The lowest BCUT2D eigenvalue weighted by molar-refractivity contribution is -0.137. The number of allylic oxidation sites excluding steroid dienone is 2. The zero-order valence-electron chi connectivity index (χ0n) is 24.9. The summed E-state index contributed by atoms with van der Waals surface area (Å²) in [5.41, 5.74) is 3.54. The Balaban J connectivity index is 1.29. The summed E-state index contributed by atoms with van der Waals surface area (Å²) in [6.07, 6.45) is 7.56. The zero-order chi connectivity index (χ0) is 29.6. The van der Waals surface area contributed by atoms with Gasteiger partial charge in [-0.25, -0.2) is 4.79 Å². The van der Waals surface area contributed by atoms with Crippen molar-refractivity contribution in [3.8, 4) is 17.2 Å². The fourth-order valence-corrected chi connectivity index (χ4v) is 5.22. The van der Waals surface area contributed by atoms with Crippen LogP contribution in [0.5, 0.6) is 17.2 Å². The summed E-state index contributed by atoms with van der Waals surface area (Å²) in [7, 11) is 3.24. The normalized spacial score (nSPS) is 14.5. The first-order chi connectivity index (χ1) is 20.6. The van der Waals surface area contributed by atoms with Crippen LogP contribution >= 0.6 is 0 Å². The summed E-state index contributed by atoms with van der Waals surface area (Å²) in [6, 6.07) is 25.6. The van der Waals surface area contributed by atoms with Gasteiger partial charge in [-0.1, -0.05) is 78.9 Å². The van der Waals surface area contributed by atoms with E-state index < -0.39 is 0 Å². The Labute approximate surface area is 249 Å². The van der Waals surface area contributed by atoms with Gasteiger partial charge in [-0.05, 0) is 42.2 Å². The number of hydrogen-bond donors (Lipinski definition) is 0. The van der Waals surface area contributed by atoms with Crippen LogP contribution in [-0.4, -0.2) is 75.9 Å². The van der Waals surface area contributed by atoms with Crippen molar-refractivity contribution < 1.29 is 23.7 Å². The van der Waals surface area contributed by atoms with E-state index in [-0.39, 0.29) is 12.0 Å². The number of carbonyl (C=O) groups excluding carboxylic acids is 1. The van der Waals surface area contributed by atoms with Crippen LogP contribution < -0.4 is 14.2 Å². The van der Waals surface area contributed by atoms with Crippen LogP contribution in [0, 0.1) is 0 Å². The van der Waals surface area contributed by atoms with Crippen LogP contribution in [0.1, 0.15) is 36.1 Å². The van der Waals surface area contributed by atoms with E-state index in [0.717, 1.165) is 44.7 Å². The third kappa shape index (κ3) is 8.71. The lowest BCUT2D eigenvalue weighted by atomic mass is 9.96. The number of nitrogens with zero attached hydrogens (tertiary/aromatic N) is 2. The molecule has 3 aromatic carbocycles. The van der Waals surface area contributed by atoms with Crippen LogP contribution in [0.4, 0.5) is 0 Å². The number of rotatable bonds is 14. The molecule has 1 fully saturated rings. The van der Waals surface area contributed by atoms with Crippen LogP contribution in [0.2, 0.25) is 0 Å². The largest absolute Gasteiger partial charge is 0.493 e. The Morgan fingerprint density at radius 3 is 2.00 bits per heavy atom. The minimum absolute atomic E-state index is 0.268. The summed E-state index contributed by atoms with van der Waals surface area (Å²) in [6.45, 7) is 7.72. The highest BCUT2D eigenvalue weighted by atomic mass is 16.5. The number of benzene rings is 3. The number of methoxy groups -OCH3 is 2. The first-order valence-corrected chi connectivity index (χ1v) is 14.6. The lowest BCUT2D eigenvalue weighted by Crippen LogP contribution is -2.48. The SMILES string of the molecule is CCOC(=O)C=CC=Cc1cc(OC)c(OCCCN2CCN(C(c3ccccc3)c3ccccc3)CC2)c(OC)c1. The van der Waals surface area contributed by atoms with Crippen molar-refractivity contribution in [2.75, 3.05) is 60.2 Å². The molecule has 0 N–H and O–H groups in total. The molecule has 0 aliphatic carbocycles. The predicted octanol–water partition coefficient (Wildman–Crippen LogP) is 6.01. The molecule has 1 heterocycles. The second-order valence-electron chi connectivity index (χ2n) is 10.0. The van der Waals surface area contributed by atoms with Gasteiger partial charge >= 0.3 is 5.97 Å². The van der Waals surface area contributed by atoms with Crippen LogP contribution in [0.3, 0.4) is 0 Å². The van der Waals surface area contributed by atoms with Crippen molar-refractivity contribution in [3.63, 3.8) is 0 Å². The van der Waals surface area contributed by atoms with E-state index in [0.29, 0.717) is 30.5 Å². The van der Waals surface area contributed by atoms with Crippen molar-refractivity contribution in [1.82, 2.24) is 9.80 Å². The third-order valence-electron chi connectivity index (χ3n) is 7.27. The smallest absolute Gasteiger partial charge is 0.330 e. The highest BCUT2D eigenvalue weighted by Gasteiger charge is 2.26. The maximum absolute atomic E-state index is 11.5. The molecule has 0 aromatic heterocycles. The number of piperazine rings is 1. The molecule has 0 saturated carbocycles. The predicted molar refractivity (Wildman–Crippen MR) is 167 cm³/mol. The van der Waals surface area contributed by atoms with Gasteiger partial charge in [0, 0.05) is 38.8 Å². The van der Waals surface area contributed by atoms with Gasteiger partial charge in [-0.3, -0.25) is 4.90 Å².